The molecule has 40 heavy (non-hydrogen) atoms. The third-order valence-corrected chi connectivity index (χ3v) is 10.1. The number of likely N-dealkylation sites (N-methyl/N-ethyl adjacent to an activating group) is 2. The van der Waals surface area contributed by atoms with Gasteiger partial charge in [0.2, 0.25) is 5.95 Å². The number of ether oxygens (including phenoxy) is 1. The number of hydrogen-bond donors (Lipinski definition) is 0. The molecular formula is C31H45N7OS. The van der Waals surface area contributed by atoms with Crippen molar-refractivity contribution in [2.24, 2.45) is 5.92 Å². The quantitative estimate of drug-likeness (QED) is 0.388. The normalized spacial score (nSPS) is 21.8. The van der Waals surface area contributed by atoms with Gasteiger partial charge in [0.1, 0.15) is 10.6 Å². The molecule has 0 bridgehead atoms. The summed E-state index contributed by atoms with van der Waals surface area (Å²) in [6, 6.07) is 11.5. The number of aromatic nitrogens is 2. The van der Waals surface area contributed by atoms with Gasteiger partial charge in [-0.3, -0.25) is 4.90 Å². The van der Waals surface area contributed by atoms with E-state index in [4.69, 9.17) is 14.7 Å². The van der Waals surface area contributed by atoms with Gasteiger partial charge < -0.3 is 24.3 Å². The summed E-state index contributed by atoms with van der Waals surface area (Å²) in [7, 11) is 6.36. The van der Waals surface area contributed by atoms with Crippen LogP contribution in [0.15, 0.2) is 35.7 Å². The molecule has 8 nitrogen and oxygen atoms in total. The third kappa shape index (κ3) is 6.14. The Morgan fingerprint density at radius 2 is 1.73 bits per heavy atom. The van der Waals surface area contributed by atoms with E-state index in [1.165, 1.54) is 55.4 Å². The number of piperazine rings is 1. The van der Waals surface area contributed by atoms with Crippen molar-refractivity contribution in [1.29, 1.82) is 0 Å². The van der Waals surface area contributed by atoms with Gasteiger partial charge in [-0.2, -0.15) is 4.98 Å². The topological polar surface area (TPSA) is 51.2 Å². The zero-order valence-electron chi connectivity index (χ0n) is 24.5. The molecular weight excluding hydrogens is 518 g/mol. The first-order valence-electron chi connectivity index (χ1n) is 15.0. The monoisotopic (exact) mass is 563 g/mol. The van der Waals surface area contributed by atoms with Crippen molar-refractivity contribution in [1.82, 2.24) is 24.7 Å². The second-order valence-electron chi connectivity index (χ2n) is 11.9. The minimum Gasteiger partial charge on any atom is -0.383 e. The van der Waals surface area contributed by atoms with Crippen molar-refractivity contribution < 1.29 is 4.74 Å². The molecule has 9 heteroatoms. The smallest absolute Gasteiger partial charge is 0.228 e. The first kappa shape index (κ1) is 27.8. The van der Waals surface area contributed by atoms with E-state index < -0.39 is 0 Å². The van der Waals surface area contributed by atoms with Crippen LogP contribution in [0.1, 0.15) is 19.3 Å². The first-order valence-corrected chi connectivity index (χ1v) is 15.9. The van der Waals surface area contributed by atoms with Crippen molar-refractivity contribution in [3.63, 3.8) is 0 Å². The summed E-state index contributed by atoms with van der Waals surface area (Å²) in [5.74, 6) is 2.77. The predicted octanol–water partition coefficient (Wildman–Crippen LogP) is 3.98. The predicted molar refractivity (Wildman–Crippen MR) is 167 cm³/mol. The fraction of sp³-hybridized carbons (Fsp3) is 0.613. The number of methoxy groups -OCH3 is 1. The second-order valence-corrected chi connectivity index (χ2v) is 12.8. The lowest BCUT2D eigenvalue weighted by Gasteiger charge is -2.37. The van der Waals surface area contributed by atoms with Crippen LogP contribution >= 0.6 is 11.3 Å². The fourth-order valence-electron chi connectivity index (χ4n) is 6.66. The molecule has 2 aromatic heterocycles. The number of rotatable bonds is 9. The SMILES string of the molecule is COCCN1CCN(c2nc(N3CCC(CN(C)C4CCN(C)C4)CC3)c3c(-c4ccccc4)csc3n2)CC1. The van der Waals surface area contributed by atoms with Crippen LogP contribution in [0, 0.1) is 5.92 Å². The van der Waals surface area contributed by atoms with Gasteiger partial charge in [-0.15, -0.1) is 11.3 Å². The van der Waals surface area contributed by atoms with Crippen LogP contribution < -0.4 is 9.80 Å². The maximum absolute atomic E-state index is 5.34. The maximum Gasteiger partial charge on any atom is 0.228 e. The average molecular weight is 564 g/mol. The number of fused-ring (bicyclic) bond motifs is 1. The number of nitrogens with zero attached hydrogens (tertiary/aromatic N) is 7. The Labute approximate surface area is 243 Å². The largest absolute Gasteiger partial charge is 0.383 e. The summed E-state index contributed by atoms with van der Waals surface area (Å²) in [4.78, 5) is 24.1. The Morgan fingerprint density at radius 1 is 0.950 bits per heavy atom. The Bertz CT molecular complexity index is 1240. The molecule has 3 aromatic rings. The van der Waals surface area contributed by atoms with E-state index in [1.54, 1.807) is 18.4 Å². The van der Waals surface area contributed by atoms with Gasteiger partial charge in [0.25, 0.3) is 0 Å². The highest BCUT2D eigenvalue weighted by Gasteiger charge is 2.29. The van der Waals surface area contributed by atoms with Crippen molar-refractivity contribution in [2.45, 2.75) is 25.3 Å². The number of hydrogen-bond acceptors (Lipinski definition) is 9. The Morgan fingerprint density at radius 3 is 2.42 bits per heavy atom. The number of piperidine rings is 1. The van der Waals surface area contributed by atoms with Crippen LogP contribution in [0.5, 0.6) is 0 Å². The highest BCUT2D eigenvalue weighted by Crippen LogP contribution is 2.40. The molecule has 3 saturated heterocycles. The summed E-state index contributed by atoms with van der Waals surface area (Å²) in [6.07, 6.45) is 3.74. The minimum absolute atomic E-state index is 0.710. The Hall–Kier alpha value is -2.30. The summed E-state index contributed by atoms with van der Waals surface area (Å²) in [5, 5.41) is 3.51. The highest BCUT2D eigenvalue weighted by molar-refractivity contribution is 7.17. The summed E-state index contributed by atoms with van der Waals surface area (Å²) < 4.78 is 5.30. The standard InChI is InChI=1S/C31H45N7OS/c1-34-12-11-26(22-34)35(2)21-24-9-13-37(14-10-24)29-28-27(25-7-5-4-6-8-25)23-40-30(28)33-31(32-29)38-17-15-36(16-18-38)19-20-39-3/h4-8,23-24,26H,9-22H2,1-3H3. The molecule has 1 unspecified atom stereocenters. The van der Waals surface area contributed by atoms with Gasteiger partial charge in [0, 0.05) is 83.0 Å². The zero-order chi connectivity index (χ0) is 27.5. The molecule has 5 heterocycles. The molecule has 6 rings (SSSR count). The first-order chi connectivity index (χ1) is 19.6. The zero-order valence-corrected chi connectivity index (χ0v) is 25.3. The number of anilines is 2. The van der Waals surface area contributed by atoms with Crippen LogP contribution in [0.4, 0.5) is 11.8 Å². The van der Waals surface area contributed by atoms with Crippen molar-refractivity contribution in [3.8, 4) is 11.1 Å². The molecule has 3 aliphatic rings. The molecule has 1 atom stereocenters. The molecule has 3 fully saturated rings. The van der Waals surface area contributed by atoms with Gasteiger partial charge in [0.05, 0.1) is 12.0 Å². The van der Waals surface area contributed by atoms with Gasteiger partial charge in [-0.1, -0.05) is 30.3 Å². The molecule has 0 aliphatic carbocycles. The van der Waals surface area contributed by atoms with Gasteiger partial charge in [0.15, 0.2) is 0 Å². The van der Waals surface area contributed by atoms with E-state index in [9.17, 15) is 0 Å². The lowest BCUT2D eigenvalue weighted by Crippen LogP contribution is -2.48. The molecule has 0 saturated carbocycles. The Balaban J connectivity index is 1.22. The van der Waals surface area contributed by atoms with Crippen LogP contribution in [-0.4, -0.2) is 124 Å². The Kier molecular flexibility index (Phi) is 8.84. The van der Waals surface area contributed by atoms with Crippen LogP contribution in [0.25, 0.3) is 21.3 Å². The second kappa shape index (κ2) is 12.7. The summed E-state index contributed by atoms with van der Waals surface area (Å²) >= 11 is 1.76. The van der Waals surface area contributed by atoms with Crippen molar-refractivity contribution in [3.05, 3.63) is 35.7 Å². The number of benzene rings is 1. The van der Waals surface area contributed by atoms with E-state index in [0.29, 0.717) is 6.04 Å². The van der Waals surface area contributed by atoms with E-state index >= 15 is 0 Å². The molecule has 3 aliphatic heterocycles. The van der Waals surface area contributed by atoms with Crippen LogP contribution in [0.3, 0.4) is 0 Å². The maximum atomic E-state index is 5.34. The van der Waals surface area contributed by atoms with Gasteiger partial charge in [-0.25, -0.2) is 4.98 Å². The number of thiophene rings is 1. The summed E-state index contributed by atoms with van der Waals surface area (Å²) in [5.41, 5.74) is 2.51. The highest BCUT2D eigenvalue weighted by atomic mass is 32.1. The van der Waals surface area contributed by atoms with E-state index in [2.05, 4.69) is 74.3 Å². The van der Waals surface area contributed by atoms with Crippen LogP contribution in [-0.2, 0) is 4.74 Å². The van der Waals surface area contributed by atoms with Crippen molar-refractivity contribution >= 4 is 33.3 Å². The fourth-order valence-corrected chi connectivity index (χ4v) is 7.60. The molecule has 0 N–H and O–H groups in total. The van der Waals surface area contributed by atoms with Crippen molar-refractivity contribution in [2.75, 3.05) is 103 Å². The number of likely N-dealkylation sites (tertiary alicyclic amines) is 1. The molecule has 0 spiro atoms. The van der Waals surface area contributed by atoms with E-state index in [1.807, 2.05) is 0 Å². The summed E-state index contributed by atoms with van der Waals surface area (Å²) in [6.45, 7) is 11.5. The van der Waals surface area contributed by atoms with Crippen LogP contribution in [0.2, 0.25) is 0 Å². The molecule has 0 radical (unpaired) electrons. The van der Waals surface area contributed by atoms with E-state index in [-0.39, 0.29) is 0 Å². The third-order valence-electron chi connectivity index (χ3n) is 9.20. The van der Waals surface area contributed by atoms with Gasteiger partial charge >= 0.3 is 0 Å². The van der Waals surface area contributed by atoms with Gasteiger partial charge in [-0.05, 0) is 51.4 Å². The lowest BCUT2D eigenvalue weighted by molar-refractivity contribution is 0.144. The van der Waals surface area contributed by atoms with E-state index in [0.717, 1.165) is 74.9 Å². The lowest BCUT2D eigenvalue weighted by atomic mass is 9.95. The average Bonchev–Trinajstić information content (AvgIpc) is 3.63. The molecule has 1 aromatic carbocycles. The molecule has 216 valence electrons. The minimum atomic E-state index is 0.710. The molecule has 0 amide bonds.